The number of hydrogen-bond acceptors (Lipinski definition) is 2. The fourth-order valence-electron chi connectivity index (χ4n) is 4.91. The van der Waals surface area contributed by atoms with Crippen molar-refractivity contribution in [1.29, 1.82) is 0 Å². The molecule has 0 bridgehead atoms. The van der Waals surface area contributed by atoms with Gasteiger partial charge in [-0.25, -0.2) is 0 Å². The highest BCUT2D eigenvalue weighted by Gasteiger charge is 2.36. The molecule has 0 spiro atoms. The van der Waals surface area contributed by atoms with E-state index in [-0.39, 0.29) is 5.41 Å². The van der Waals surface area contributed by atoms with E-state index in [0.717, 1.165) is 19.5 Å². The number of hydrogen-bond donors (Lipinski definition) is 1. The molecule has 2 aliphatic rings. The Bertz CT molecular complexity index is 907. The summed E-state index contributed by atoms with van der Waals surface area (Å²) in [4.78, 5) is 2.69. The van der Waals surface area contributed by atoms with Crippen LogP contribution < -0.4 is 5.73 Å². The zero-order valence-electron chi connectivity index (χ0n) is 17.8. The van der Waals surface area contributed by atoms with E-state index in [0.29, 0.717) is 6.54 Å². The van der Waals surface area contributed by atoms with Gasteiger partial charge in [-0.3, -0.25) is 0 Å². The highest BCUT2D eigenvalue weighted by molar-refractivity contribution is 9.10. The van der Waals surface area contributed by atoms with Crippen molar-refractivity contribution >= 4 is 21.6 Å². The minimum Gasteiger partial charge on any atom is -0.370 e. The van der Waals surface area contributed by atoms with Crippen LogP contribution in [0.3, 0.4) is 0 Å². The predicted molar refractivity (Wildman–Crippen MR) is 127 cm³/mol. The van der Waals surface area contributed by atoms with E-state index < -0.39 is 0 Å². The van der Waals surface area contributed by atoms with Gasteiger partial charge in [-0.15, -0.1) is 0 Å². The number of halogens is 1. The van der Waals surface area contributed by atoms with E-state index in [2.05, 4.69) is 77.1 Å². The molecular formula is C26H33BrN2. The van der Waals surface area contributed by atoms with Crippen molar-refractivity contribution in [3.63, 3.8) is 0 Å². The molecule has 1 fully saturated rings. The smallest absolute Gasteiger partial charge is 0.0435 e. The Morgan fingerprint density at radius 3 is 2.48 bits per heavy atom. The van der Waals surface area contributed by atoms with E-state index in [9.17, 15) is 0 Å². The molecule has 0 amide bonds. The lowest BCUT2D eigenvalue weighted by Gasteiger charge is -2.45. The molecule has 1 saturated carbocycles. The standard InChI is InChI=1S/C26H33BrN2/c1-26(2)18-29(15-6-5-9-19-8-3-4-10-21(19)17-28)25(20-11-7-12-20)23-14-13-22(27)16-24(23)26/h3-4,8,10,13-14,16H,5-7,9,11-12,15,17-18,28H2,1-2H3. The largest absolute Gasteiger partial charge is 0.370 e. The highest BCUT2D eigenvalue weighted by atomic mass is 79.9. The monoisotopic (exact) mass is 452 g/mol. The number of nitrogens with two attached hydrogens (primary N) is 1. The van der Waals surface area contributed by atoms with E-state index in [1.165, 1.54) is 58.8 Å². The number of aryl methyl sites for hydroxylation is 1. The molecule has 4 rings (SSSR count). The molecule has 2 nitrogen and oxygen atoms in total. The Morgan fingerprint density at radius 1 is 1.03 bits per heavy atom. The van der Waals surface area contributed by atoms with Crippen LogP contribution in [0.4, 0.5) is 0 Å². The average Bonchev–Trinajstić information content (AvgIpc) is 2.67. The van der Waals surface area contributed by atoms with Crippen molar-refractivity contribution in [3.05, 3.63) is 74.8 Å². The fourth-order valence-corrected chi connectivity index (χ4v) is 5.27. The molecule has 0 atom stereocenters. The van der Waals surface area contributed by atoms with Crippen molar-refractivity contribution in [2.45, 2.75) is 64.3 Å². The van der Waals surface area contributed by atoms with Gasteiger partial charge in [0.05, 0.1) is 0 Å². The zero-order chi connectivity index (χ0) is 20.4. The normalized spacial score (nSPS) is 17.9. The summed E-state index contributed by atoms with van der Waals surface area (Å²) in [7, 11) is 0. The summed E-state index contributed by atoms with van der Waals surface area (Å²) >= 11 is 3.69. The second-order valence-electron chi connectivity index (χ2n) is 9.23. The molecule has 0 aromatic heterocycles. The second-order valence-corrected chi connectivity index (χ2v) is 10.1. The van der Waals surface area contributed by atoms with Crippen molar-refractivity contribution in [1.82, 2.24) is 4.90 Å². The maximum Gasteiger partial charge on any atom is 0.0435 e. The van der Waals surface area contributed by atoms with Crippen LogP contribution in [0, 0.1) is 0 Å². The minimum absolute atomic E-state index is 0.166. The van der Waals surface area contributed by atoms with Crippen LogP contribution in [0.5, 0.6) is 0 Å². The molecule has 1 aliphatic heterocycles. The summed E-state index contributed by atoms with van der Waals surface area (Å²) in [5.74, 6) is 0. The van der Waals surface area contributed by atoms with Crippen LogP contribution >= 0.6 is 15.9 Å². The molecule has 1 aliphatic carbocycles. The van der Waals surface area contributed by atoms with Crippen molar-refractivity contribution in [3.8, 4) is 0 Å². The molecule has 3 heteroatoms. The summed E-state index contributed by atoms with van der Waals surface area (Å²) in [6, 6.07) is 15.5. The van der Waals surface area contributed by atoms with Crippen LogP contribution in [0.1, 0.15) is 68.2 Å². The second kappa shape index (κ2) is 8.65. The Kier molecular flexibility index (Phi) is 6.17. The first-order valence-corrected chi connectivity index (χ1v) is 11.8. The SMILES string of the molecule is CC1(C)CN(CCCCc2ccccc2CN)C(=C2CCC2)c2ccc(Br)cc21. The van der Waals surface area contributed by atoms with Crippen LogP contribution in [-0.4, -0.2) is 18.0 Å². The summed E-state index contributed by atoms with van der Waals surface area (Å²) in [6.07, 6.45) is 7.44. The highest BCUT2D eigenvalue weighted by Crippen LogP contribution is 2.45. The third-order valence-corrected chi connectivity index (χ3v) is 7.12. The van der Waals surface area contributed by atoms with E-state index in [1.807, 2.05) is 0 Å². The third-order valence-electron chi connectivity index (χ3n) is 6.62. The van der Waals surface area contributed by atoms with E-state index in [4.69, 9.17) is 5.73 Å². The van der Waals surface area contributed by atoms with E-state index in [1.54, 1.807) is 11.3 Å². The molecule has 2 N–H and O–H groups in total. The van der Waals surface area contributed by atoms with Crippen molar-refractivity contribution < 1.29 is 0 Å². The fraction of sp³-hybridized carbons (Fsp3) is 0.462. The third kappa shape index (κ3) is 4.32. The topological polar surface area (TPSA) is 29.3 Å². The number of rotatable bonds is 6. The molecule has 29 heavy (non-hydrogen) atoms. The molecule has 154 valence electrons. The van der Waals surface area contributed by atoms with Crippen LogP contribution in [-0.2, 0) is 18.4 Å². The Morgan fingerprint density at radius 2 is 1.79 bits per heavy atom. The molecule has 0 saturated heterocycles. The number of allylic oxidation sites excluding steroid dienone is 1. The Balaban J connectivity index is 1.50. The van der Waals surface area contributed by atoms with Crippen LogP contribution in [0.25, 0.3) is 5.70 Å². The van der Waals surface area contributed by atoms with E-state index >= 15 is 0 Å². The van der Waals surface area contributed by atoms with Gasteiger partial charge in [-0.1, -0.05) is 60.1 Å². The van der Waals surface area contributed by atoms with Gasteiger partial charge in [0.15, 0.2) is 0 Å². The lowest BCUT2D eigenvalue weighted by molar-refractivity contribution is 0.288. The Hall–Kier alpha value is -1.58. The van der Waals surface area contributed by atoms with Gasteiger partial charge in [0.25, 0.3) is 0 Å². The van der Waals surface area contributed by atoms with Crippen molar-refractivity contribution in [2.75, 3.05) is 13.1 Å². The quantitative estimate of drug-likeness (QED) is 0.512. The summed E-state index contributed by atoms with van der Waals surface area (Å²) in [5.41, 5.74) is 15.0. The molecule has 2 aromatic carbocycles. The van der Waals surface area contributed by atoms with Crippen LogP contribution in [0.2, 0.25) is 0 Å². The lowest BCUT2D eigenvalue weighted by atomic mass is 9.74. The van der Waals surface area contributed by atoms with Crippen molar-refractivity contribution in [2.24, 2.45) is 5.73 Å². The van der Waals surface area contributed by atoms with Crippen LogP contribution in [0.15, 0.2) is 52.5 Å². The summed E-state index contributed by atoms with van der Waals surface area (Å²) < 4.78 is 1.19. The molecule has 1 heterocycles. The number of benzene rings is 2. The van der Waals surface area contributed by atoms with Gasteiger partial charge in [-0.2, -0.15) is 0 Å². The van der Waals surface area contributed by atoms with Gasteiger partial charge in [0.1, 0.15) is 0 Å². The maximum atomic E-state index is 5.91. The number of unbranched alkanes of at least 4 members (excludes halogenated alkanes) is 1. The molecule has 0 radical (unpaired) electrons. The number of nitrogens with zero attached hydrogens (tertiary/aromatic N) is 1. The van der Waals surface area contributed by atoms with Gasteiger partial charge in [0, 0.05) is 40.8 Å². The first-order valence-electron chi connectivity index (χ1n) is 11.0. The van der Waals surface area contributed by atoms with Gasteiger partial charge >= 0.3 is 0 Å². The lowest BCUT2D eigenvalue weighted by Crippen LogP contribution is -2.42. The first kappa shape index (κ1) is 20.7. The van der Waals surface area contributed by atoms with Gasteiger partial charge < -0.3 is 10.6 Å². The number of fused-ring (bicyclic) bond motifs is 1. The molecular weight excluding hydrogens is 420 g/mol. The average molecular weight is 453 g/mol. The zero-order valence-corrected chi connectivity index (χ0v) is 19.4. The summed E-state index contributed by atoms with van der Waals surface area (Å²) in [6.45, 7) is 7.67. The first-order chi connectivity index (χ1) is 14.0. The summed E-state index contributed by atoms with van der Waals surface area (Å²) in [5, 5.41) is 0. The maximum absolute atomic E-state index is 5.91. The van der Waals surface area contributed by atoms with Gasteiger partial charge in [-0.05, 0) is 72.9 Å². The van der Waals surface area contributed by atoms with Gasteiger partial charge in [0.2, 0.25) is 0 Å². The minimum atomic E-state index is 0.166. The molecule has 0 unspecified atom stereocenters. The predicted octanol–water partition coefficient (Wildman–Crippen LogP) is 6.42. The Labute approximate surface area is 184 Å². The molecule has 2 aromatic rings.